The average Bonchev–Trinajstić information content (AvgIpc) is 2.76. The molecule has 1 rings (SSSR count). The minimum absolute atomic E-state index is 0.0459. The molecule has 0 radical (unpaired) electrons. The van der Waals surface area contributed by atoms with Gasteiger partial charge >= 0.3 is 0 Å². The second-order valence-electron chi connectivity index (χ2n) is 5.90. The fraction of sp³-hybridized carbons (Fsp3) is 0.867. The monoisotopic (exact) mass is 283 g/mol. The van der Waals surface area contributed by atoms with E-state index in [1.807, 2.05) is 19.0 Å². The van der Waals surface area contributed by atoms with Gasteiger partial charge in [-0.1, -0.05) is 19.8 Å². The molecular weight excluding hydrogens is 254 g/mol. The Labute approximate surface area is 122 Å². The Balaban J connectivity index is 2.25. The van der Waals surface area contributed by atoms with Gasteiger partial charge in [-0.05, 0) is 33.5 Å². The van der Waals surface area contributed by atoms with Crippen molar-refractivity contribution in [3.8, 4) is 0 Å². The maximum Gasteiger partial charge on any atom is 0.225 e. The molecule has 1 atom stereocenters. The quantitative estimate of drug-likeness (QED) is 0.645. The average molecular weight is 283 g/mol. The molecule has 2 amide bonds. The maximum atomic E-state index is 12.0. The van der Waals surface area contributed by atoms with Gasteiger partial charge in [-0.3, -0.25) is 9.59 Å². The van der Waals surface area contributed by atoms with Crippen molar-refractivity contribution < 1.29 is 9.59 Å². The molecule has 116 valence electrons. The summed E-state index contributed by atoms with van der Waals surface area (Å²) in [5, 5.41) is 2.95. The van der Waals surface area contributed by atoms with Crippen LogP contribution >= 0.6 is 0 Å². The van der Waals surface area contributed by atoms with Gasteiger partial charge in [0.2, 0.25) is 11.8 Å². The van der Waals surface area contributed by atoms with E-state index >= 15 is 0 Å². The number of amides is 2. The fourth-order valence-corrected chi connectivity index (χ4v) is 2.47. The fourth-order valence-electron chi connectivity index (χ4n) is 2.47. The van der Waals surface area contributed by atoms with Crippen LogP contribution in [0.5, 0.6) is 0 Å². The standard InChI is InChI=1S/C15H29N3O2/c1-4-5-6-8-16-15(20)13-11-14(19)18(12-13)10-7-9-17(2)3/h13H,4-12H2,1-3H3,(H,16,20). The number of rotatable bonds is 9. The number of unbranched alkanes of at least 4 members (excludes halogenated alkanes) is 2. The van der Waals surface area contributed by atoms with E-state index in [2.05, 4.69) is 17.1 Å². The maximum absolute atomic E-state index is 12.0. The summed E-state index contributed by atoms with van der Waals surface area (Å²) < 4.78 is 0. The van der Waals surface area contributed by atoms with Crippen LogP contribution in [0, 0.1) is 5.92 Å². The van der Waals surface area contributed by atoms with Gasteiger partial charge in [0.25, 0.3) is 0 Å². The minimum atomic E-state index is -0.150. The Morgan fingerprint density at radius 2 is 2.10 bits per heavy atom. The van der Waals surface area contributed by atoms with E-state index in [0.29, 0.717) is 13.0 Å². The van der Waals surface area contributed by atoms with Crippen molar-refractivity contribution in [3.05, 3.63) is 0 Å². The molecule has 0 aromatic carbocycles. The first-order chi connectivity index (χ1) is 9.54. The summed E-state index contributed by atoms with van der Waals surface area (Å²) in [7, 11) is 4.05. The van der Waals surface area contributed by atoms with Crippen LogP contribution in [0.25, 0.3) is 0 Å². The number of hydrogen-bond acceptors (Lipinski definition) is 3. The topological polar surface area (TPSA) is 52.7 Å². The number of carbonyl (C=O) groups is 2. The molecule has 0 aromatic rings. The summed E-state index contributed by atoms with van der Waals surface area (Å²) in [5.41, 5.74) is 0. The number of likely N-dealkylation sites (tertiary alicyclic amines) is 1. The third-order valence-electron chi connectivity index (χ3n) is 3.70. The van der Waals surface area contributed by atoms with E-state index in [1.54, 1.807) is 0 Å². The SMILES string of the molecule is CCCCCNC(=O)C1CC(=O)N(CCCN(C)C)C1. The highest BCUT2D eigenvalue weighted by atomic mass is 16.2. The van der Waals surface area contributed by atoms with E-state index in [9.17, 15) is 9.59 Å². The molecule has 0 spiro atoms. The summed E-state index contributed by atoms with van der Waals surface area (Å²) in [6, 6.07) is 0. The van der Waals surface area contributed by atoms with Crippen LogP contribution in [-0.4, -0.2) is 61.9 Å². The molecular formula is C15H29N3O2. The van der Waals surface area contributed by atoms with Crippen molar-refractivity contribution in [1.82, 2.24) is 15.1 Å². The smallest absolute Gasteiger partial charge is 0.225 e. The van der Waals surface area contributed by atoms with Crippen LogP contribution in [-0.2, 0) is 9.59 Å². The predicted octanol–water partition coefficient (Wildman–Crippen LogP) is 1.09. The van der Waals surface area contributed by atoms with E-state index in [1.165, 1.54) is 0 Å². The molecule has 0 bridgehead atoms. The van der Waals surface area contributed by atoms with Crippen molar-refractivity contribution in [2.75, 3.05) is 40.3 Å². The van der Waals surface area contributed by atoms with E-state index in [-0.39, 0.29) is 17.7 Å². The molecule has 1 N–H and O–H groups in total. The lowest BCUT2D eigenvalue weighted by molar-refractivity contribution is -0.129. The van der Waals surface area contributed by atoms with Gasteiger partial charge in [-0.25, -0.2) is 0 Å². The highest BCUT2D eigenvalue weighted by Crippen LogP contribution is 2.18. The Morgan fingerprint density at radius 1 is 1.35 bits per heavy atom. The summed E-state index contributed by atoms with van der Waals surface area (Å²) in [6.07, 6.45) is 4.65. The number of nitrogens with one attached hydrogen (secondary N) is 1. The summed E-state index contributed by atoms with van der Waals surface area (Å²) in [5.74, 6) is 0.0190. The zero-order chi connectivity index (χ0) is 15.0. The Morgan fingerprint density at radius 3 is 2.75 bits per heavy atom. The second kappa shape index (κ2) is 8.95. The molecule has 1 aliphatic rings. The highest BCUT2D eigenvalue weighted by molar-refractivity contribution is 5.89. The molecule has 0 aromatic heterocycles. The summed E-state index contributed by atoms with van der Waals surface area (Å²) in [6.45, 7) is 5.20. The zero-order valence-electron chi connectivity index (χ0n) is 13.2. The second-order valence-corrected chi connectivity index (χ2v) is 5.90. The van der Waals surface area contributed by atoms with Crippen LogP contribution in [0.3, 0.4) is 0 Å². The van der Waals surface area contributed by atoms with Crippen molar-refractivity contribution in [2.24, 2.45) is 5.92 Å². The van der Waals surface area contributed by atoms with Crippen molar-refractivity contribution in [2.45, 2.75) is 39.0 Å². The van der Waals surface area contributed by atoms with Gasteiger partial charge in [-0.15, -0.1) is 0 Å². The van der Waals surface area contributed by atoms with Gasteiger partial charge in [0.15, 0.2) is 0 Å². The van der Waals surface area contributed by atoms with E-state index in [0.717, 1.165) is 45.3 Å². The molecule has 20 heavy (non-hydrogen) atoms. The molecule has 1 saturated heterocycles. The van der Waals surface area contributed by atoms with Gasteiger partial charge in [0.05, 0.1) is 5.92 Å². The Hall–Kier alpha value is -1.10. The lowest BCUT2D eigenvalue weighted by Crippen LogP contribution is -2.34. The van der Waals surface area contributed by atoms with E-state index < -0.39 is 0 Å². The van der Waals surface area contributed by atoms with Gasteiger partial charge in [0.1, 0.15) is 0 Å². The number of hydrogen-bond donors (Lipinski definition) is 1. The lowest BCUT2D eigenvalue weighted by Gasteiger charge is -2.18. The van der Waals surface area contributed by atoms with Crippen molar-refractivity contribution in [3.63, 3.8) is 0 Å². The van der Waals surface area contributed by atoms with Crippen LogP contribution in [0.15, 0.2) is 0 Å². The van der Waals surface area contributed by atoms with Crippen LogP contribution in [0.4, 0.5) is 0 Å². The first-order valence-electron chi connectivity index (χ1n) is 7.74. The molecule has 1 fully saturated rings. The first kappa shape index (κ1) is 17.0. The van der Waals surface area contributed by atoms with Gasteiger partial charge in [0, 0.05) is 26.1 Å². The van der Waals surface area contributed by atoms with Crippen LogP contribution in [0.1, 0.15) is 39.0 Å². The molecule has 1 unspecified atom stereocenters. The molecule has 0 aliphatic carbocycles. The summed E-state index contributed by atoms with van der Waals surface area (Å²) in [4.78, 5) is 27.8. The molecule has 5 heteroatoms. The minimum Gasteiger partial charge on any atom is -0.356 e. The third-order valence-corrected chi connectivity index (χ3v) is 3.70. The molecule has 1 aliphatic heterocycles. The molecule has 0 saturated carbocycles. The molecule has 1 heterocycles. The Bertz CT molecular complexity index is 318. The normalized spacial score (nSPS) is 18.9. The first-order valence-corrected chi connectivity index (χ1v) is 7.74. The van der Waals surface area contributed by atoms with Gasteiger partial charge < -0.3 is 15.1 Å². The molecule has 5 nitrogen and oxygen atoms in total. The van der Waals surface area contributed by atoms with Gasteiger partial charge in [-0.2, -0.15) is 0 Å². The largest absolute Gasteiger partial charge is 0.356 e. The Kier molecular flexibility index (Phi) is 7.59. The van der Waals surface area contributed by atoms with Crippen molar-refractivity contribution in [1.29, 1.82) is 0 Å². The van der Waals surface area contributed by atoms with Crippen LogP contribution in [0.2, 0.25) is 0 Å². The number of carbonyl (C=O) groups excluding carboxylic acids is 2. The highest BCUT2D eigenvalue weighted by Gasteiger charge is 2.33. The zero-order valence-corrected chi connectivity index (χ0v) is 13.2. The van der Waals surface area contributed by atoms with E-state index in [4.69, 9.17) is 0 Å². The predicted molar refractivity (Wildman–Crippen MR) is 80.4 cm³/mol. The van der Waals surface area contributed by atoms with Crippen molar-refractivity contribution >= 4 is 11.8 Å². The van der Waals surface area contributed by atoms with Crippen LogP contribution < -0.4 is 5.32 Å². The lowest BCUT2D eigenvalue weighted by atomic mass is 10.1. The summed E-state index contributed by atoms with van der Waals surface area (Å²) >= 11 is 0. The third kappa shape index (κ3) is 5.90. The number of nitrogens with zero attached hydrogens (tertiary/aromatic N) is 2.